The van der Waals surface area contributed by atoms with Crippen LogP contribution in [0.1, 0.15) is 22.3 Å². The van der Waals surface area contributed by atoms with E-state index in [1.165, 1.54) is 0 Å². The van der Waals surface area contributed by atoms with Gasteiger partial charge in [0.15, 0.2) is 11.6 Å². The molecule has 1 aromatic carbocycles. The summed E-state index contributed by atoms with van der Waals surface area (Å²) >= 11 is 0. The molecule has 2 rings (SSSR count). The first kappa shape index (κ1) is 10.8. The highest BCUT2D eigenvalue weighted by Gasteiger charge is 2.16. The van der Waals surface area contributed by atoms with Crippen molar-refractivity contribution in [2.45, 2.75) is 13.8 Å². The van der Waals surface area contributed by atoms with Crippen molar-refractivity contribution in [1.29, 1.82) is 0 Å². The highest BCUT2D eigenvalue weighted by Crippen LogP contribution is 2.28. The van der Waals surface area contributed by atoms with Crippen LogP contribution in [0.5, 0.6) is 0 Å². The minimum absolute atomic E-state index is 0.356. The Kier molecular flexibility index (Phi) is 2.73. The Labute approximate surface area is 93.6 Å². The highest BCUT2D eigenvalue weighted by molar-refractivity contribution is 5.72. The fraction of sp³-hybridized carbons (Fsp3) is 0.143. The summed E-state index contributed by atoms with van der Waals surface area (Å²) in [5, 5.41) is 0. The highest BCUT2D eigenvalue weighted by atomic mass is 19.2. The lowest BCUT2D eigenvalue weighted by atomic mass is 9.94. The molecule has 0 nitrogen and oxygen atoms in total. The smallest absolute Gasteiger partial charge is 0.162 e. The monoisotopic (exact) mass is 218 g/mol. The topological polar surface area (TPSA) is 0 Å². The SMILES string of the molecule is Cc1c(F)c(F)c(C)c2c1\C=C/C=C\C=C/2. The predicted molar refractivity (Wildman–Crippen MR) is 63.0 cm³/mol. The average molecular weight is 218 g/mol. The first-order valence-electron chi connectivity index (χ1n) is 5.12. The number of hydrogen-bond donors (Lipinski definition) is 0. The normalized spacial score (nSPS) is 19.5. The molecule has 0 aromatic heterocycles. The second-order valence-electron chi connectivity index (χ2n) is 3.81. The van der Waals surface area contributed by atoms with E-state index < -0.39 is 11.6 Å². The van der Waals surface area contributed by atoms with Crippen LogP contribution in [0.25, 0.3) is 12.2 Å². The van der Waals surface area contributed by atoms with Gasteiger partial charge in [-0.1, -0.05) is 36.5 Å². The van der Waals surface area contributed by atoms with Gasteiger partial charge in [0, 0.05) is 0 Å². The van der Waals surface area contributed by atoms with E-state index in [0.29, 0.717) is 11.1 Å². The van der Waals surface area contributed by atoms with Crippen molar-refractivity contribution in [2.75, 3.05) is 0 Å². The van der Waals surface area contributed by atoms with Gasteiger partial charge in [-0.2, -0.15) is 0 Å². The van der Waals surface area contributed by atoms with E-state index in [4.69, 9.17) is 0 Å². The molecular weight excluding hydrogens is 206 g/mol. The molecule has 0 bridgehead atoms. The number of halogens is 2. The van der Waals surface area contributed by atoms with Gasteiger partial charge < -0.3 is 0 Å². The van der Waals surface area contributed by atoms with Crippen LogP contribution in [0.2, 0.25) is 0 Å². The molecule has 0 atom stereocenters. The number of fused-ring (bicyclic) bond motifs is 1. The number of benzene rings is 1. The Morgan fingerprint density at radius 1 is 0.688 bits per heavy atom. The molecule has 0 saturated carbocycles. The lowest BCUT2D eigenvalue weighted by molar-refractivity contribution is 0.497. The Bertz CT molecular complexity index is 473. The Morgan fingerprint density at radius 2 is 1.06 bits per heavy atom. The van der Waals surface area contributed by atoms with Gasteiger partial charge in [-0.3, -0.25) is 0 Å². The lowest BCUT2D eigenvalue weighted by Gasteiger charge is -2.12. The molecular formula is C14H12F2. The van der Waals surface area contributed by atoms with Crippen LogP contribution >= 0.6 is 0 Å². The van der Waals surface area contributed by atoms with E-state index in [-0.39, 0.29) is 0 Å². The van der Waals surface area contributed by atoms with Gasteiger partial charge in [-0.05, 0) is 36.1 Å². The fourth-order valence-electron chi connectivity index (χ4n) is 1.83. The van der Waals surface area contributed by atoms with Crippen molar-refractivity contribution < 1.29 is 8.78 Å². The second-order valence-corrected chi connectivity index (χ2v) is 3.81. The third-order valence-corrected chi connectivity index (χ3v) is 2.81. The quantitative estimate of drug-likeness (QED) is 0.612. The first-order valence-corrected chi connectivity index (χ1v) is 5.12. The minimum atomic E-state index is -0.751. The molecule has 16 heavy (non-hydrogen) atoms. The maximum atomic E-state index is 13.6. The lowest BCUT2D eigenvalue weighted by Crippen LogP contribution is -2.01. The molecule has 0 fully saturated rings. The maximum Gasteiger partial charge on any atom is 0.162 e. The van der Waals surface area contributed by atoms with Crippen molar-refractivity contribution in [3.8, 4) is 0 Å². The zero-order chi connectivity index (χ0) is 11.7. The Hall–Kier alpha value is -1.70. The van der Waals surface area contributed by atoms with E-state index in [1.54, 1.807) is 26.0 Å². The number of allylic oxidation sites excluding steroid dienone is 4. The van der Waals surface area contributed by atoms with Crippen molar-refractivity contribution in [1.82, 2.24) is 0 Å². The van der Waals surface area contributed by atoms with Gasteiger partial charge in [0.1, 0.15) is 0 Å². The van der Waals surface area contributed by atoms with E-state index in [0.717, 1.165) is 11.1 Å². The molecule has 1 aromatic rings. The maximum absolute atomic E-state index is 13.6. The summed E-state index contributed by atoms with van der Waals surface area (Å²) in [6, 6.07) is 0. The van der Waals surface area contributed by atoms with E-state index in [2.05, 4.69) is 0 Å². The third kappa shape index (κ3) is 1.60. The number of hydrogen-bond acceptors (Lipinski definition) is 0. The second kappa shape index (κ2) is 4.05. The molecule has 0 saturated heterocycles. The van der Waals surface area contributed by atoms with Gasteiger partial charge in [-0.25, -0.2) is 8.78 Å². The van der Waals surface area contributed by atoms with Crippen molar-refractivity contribution in [2.24, 2.45) is 0 Å². The fourth-order valence-corrected chi connectivity index (χ4v) is 1.83. The number of rotatable bonds is 0. The predicted octanol–water partition coefficient (Wildman–Crippen LogP) is 4.18. The molecule has 0 spiro atoms. The summed E-state index contributed by atoms with van der Waals surface area (Å²) in [4.78, 5) is 0. The van der Waals surface area contributed by atoms with Gasteiger partial charge in [0.2, 0.25) is 0 Å². The largest absolute Gasteiger partial charge is 0.203 e. The summed E-state index contributed by atoms with van der Waals surface area (Å²) in [5.41, 5.74) is 2.21. The molecule has 0 radical (unpaired) electrons. The van der Waals surface area contributed by atoms with E-state index in [1.807, 2.05) is 24.3 Å². The van der Waals surface area contributed by atoms with Gasteiger partial charge >= 0.3 is 0 Å². The summed E-state index contributed by atoms with van der Waals surface area (Å²) < 4.78 is 27.1. The van der Waals surface area contributed by atoms with Crippen LogP contribution in [0.15, 0.2) is 24.3 Å². The van der Waals surface area contributed by atoms with E-state index >= 15 is 0 Å². The van der Waals surface area contributed by atoms with E-state index in [9.17, 15) is 8.78 Å². The van der Waals surface area contributed by atoms with Crippen molar-refractivity contribution in [3.05, 3.63) is 58.2 Å². The molecule has 0 aliphatic heterocycles. The molecule has 1 aliphatic carbocycles. The Morgan fingerprint density at radius 3 is 1.44 bits per heavy atom. The van der Waals surface area contributed by atoms with Crippen LogP contribution in [0.4, 0.5) is 8.78 Å². The molecule has 0 heterocycles. The summed E-state index contributed by atoms with van der Waals surface area (Å²) in [6.45, 7) is 3.19. The van der Waals surface area contributed by atoms with Gasteiger partial charge in [0.25, 0.3) is 0 Å². The molecule has 2 heteroatoms. The molecule has 82 valence electrons. The Balaban J connectivity index is 2.82. The minimum Gasteiger partial charge on any atom is -0.203 e. The standard InChI is InChI=1S/C14H12F2/c1-9-11-7-5-3-4-6-8-12(11)10(2)14(16)13(9)15/h3-8H,1-2H3/b4-3-,5-3?,6-4?,7-5-,8-6-,11-7?,12-8?. The summed E-state index contributed by atoms with van der Waals surface area (Å²) in [6.07, 6.45) is 11.0. The van der Waals surface area contributed by atoms with Crippen molar-refractivity contribution in [3.63, 3.8) is 0 Å². The summed E-state index contributed by atoms with van der Waals surface area (Å²) in [5.74, 6) is -1.50. The first-order chi connectivity index (χ1) is 7.63. The molecule has 0 amide bonds. The van der Waals surface area contributed by atoms with Crippen LogP contribution in [0.3, 0.4) is 0 Å². The molecule has 0 N–H and O–H groups in total. The van der Waals surface area contributed by atoms with Crippen LogP contribution < -0.4 is 0 Å². The zero-order valence-corrected chi connectivity index (χ0v) is 9.22. The summed E-state index contributed by atoms with van der Waals surface area (Å²) in [7, 11) is 0. The molecule has 1 aliphatic rings. The van der Waals surface area contributed by atoms with Gasteiger partial charge in [0.05, 0.1) is 0 Å². The third-order valence-electron chi connectivity index (χ3n) is 2.81. The van der Waals surface area contributed by atoms with Gasteiger partial charge in [-0.15, -0.1) is 0 Å². The zero-order valence-electron chi connectivity index (χ0n) is 9.22. The average Bonchev–Trinajstić information content (AvgIpc) is 2.24. The van der Waals surface area contributed by atoms with Crippen LogP contribution in [-0.2, 0) is 0 Å². The van der Waals surface area contributed by atoms with Crippen LogP contribution in [0, 0.1) is 25.5 Å². The molecule has 0 unspecified atom stereocenters. The van der Waals surface area contributed by atoms with Crippen molar-refractivity contribution >= 4 is 12.2 Å². The van der Waals surface area contributed by atoms with Crippen LogP contribution in [-0.4, -0.2) is 0 Å².